The van der Waals surface area contributed by atoms with E-state index in [1.807, 2.05) is 24.3 Å². The molecule has 0 N–H and O–H groups in total. The van der Waals surface area contributed by atoms with Crippen LogP contribution in [0.4, 0.5) is 5.82 Å². The maximum Gasteiger partial charge on any atom is 0.167 e. The lowest BCUT2D eigenvalue weighted by molar-refractivity contribution is 0.0938. The van der Waals surface area contributed by atoms with Crippen LogP contribution in [0.25, 0.3) is 10.2 Å². The van der Waals surface area contributed by atoms with Gasteiger partial charge in [0, 0.05) is 26.2 Å². The maximum absolute atomic E-state index is 6.19. The van der Waals surface area contributed by atoms with Crippen LogP contribution in [0.5, 0.6) is 11.5 Å². The van der Waals surface area contributed by atoms with Gasteiger partial charge in [-0.15, -0.1) is 11.3 Å². The molecule has 0 unspecified atom stereocenters. The molecule has 0 aliphatic carbocycles. The molecule has 3 aromatic rings. The fourth-order valence-corrected chi connectivity index (χ4v) is 4.94. The van der Waals surface area contributed by atoms with Gasteiger partial charge in [0.25, 0.3) is 0 Å². The summed E-state index contributed by atoms with van der Waals surface area (Å²) in [6.45, 7) is 8.13. The van der Waals surface area contributed by atoms with Gasteiger partial charge in [0.1, 0.15) is 23.6 Å². The summed E-state index contributed by atoms with van der Waals surface area (Å²) in [5, 5.41) is 1.12. The topological polar surface area (TPSA) is 50.7 Å². The van der Waals surface area contributed by atoms with Crippen LogP contribution >= 0.6 is 11.3 Å². The van der Waals surface area contributed by atoms with E-state index in [1.165, 1.54) is 13.0 Å². The molecule has 6 nitrogen and oxygen atoms in total. The molecule has 1 saturated heterocycles. The largest absolute Gasteiger partial charge is 0.485 e. The fraction of sp³-hybridized carbons (Fsp3) is 0.429. The number of piperazine rings is 1. The number of anilines is 1. The van der Waals surface area contributed by atoms with E-state index in [-0.39, 0.29) is 6.10 Å². The standard InChI is InChI=1S/C21H24N4O2S/c1-2-7-24-8-10-25(11-9-24)20-15-12-19(28-21(15)23-14-22-20)18-13-26-16-5-3-4-6-17(16)27-18/h3-6,12,14,18H,2,7-11,13H2,1H3/t18-/m1/s1. The number of ether oxygens (including phenoxy) is 2. The van der Waals surface area contributed by atoms with Crippen LogP contribution in [0.2, 0.25) is 0 Å². The quantitative estimate of drug-likeness (QED) is 0.670. The Kier molecular flexibility index (Phi) is 4.78. The van der Waals surface area contributed by atoms with Crippen molar-refractivity contribution in [2.45, 2.75) is 19.4 Å². The zero-order valence-electron chi connectivity index (χ0n) is 16.0. The summed E-state index contributed by atoms with van der Waals surface area (Å²) in [7, 11) is 0. The molecule has 0 spiro atoms. The van der Waals surface area contributed by atoms with Crippen molar-refractivity contribution in [3.63, 3.8) is 0 Å². The highest BCUT2D eigenvalue weighted by Gasteiger charge is 2.26. The monoisotopic (exact) mass is 396 g/mol. The van der Waals surface area contributed by atoms with Crippen molar-refractivity contribution in [1.29, 1.82) is 0 Å². The van der Waals surface area contributed by atoms with Gasteiger partial charge in [-0.05, 0) is 31.2 Å². The van der Waals surface area contributed by atoms with Gasteiger partial charge in [0.15, 0.2) is 17.6 Å². The molecule has 28 heavy (non-hydrogen) atoms. The average Bonchev–Trinajstić information content (AvgIpc) is 3.19. The van der Waals surface area contributed by atoms with Crippen LogP contribution in [-0.4, -0.2) is 54.2 Å². The molecule has 4 heterocycles. The number of hydrogen-bond acceptors (Lipinski definition) is 7. The van der Waals surface area contributed by atoms with Crippen LogP contribution in [0, 0.1) is 0 Å². The van der Waals surface area contributed by atoms with Gasteiger partial charge in [-0.2, -0.15) is 0 Å². The first-order chi connectivity index (χ1) is 13.8. The summed E-state index contributed by atoms with van der Waals surface area (Å²) in [6, 6.07) is 10.0. The molecule has 2 aliphatic rings. The predicted molar refractivity (Wildman–Crippen MR) is 112 cm³/mol. The number of thiophene rings is 1. The second-order valence-electron chi connectivity index (χ2n) is 7.26. The summed E-state index contributed by atoms with van der Waals surface area (Å²) < 4.78 is 12.1. The molecular formula is C21H24N4O2S. The third kappa shape index (κ3) is 3.29. The minimum absolute atomic E-state index is 0.108. The molecule has 146 valence electrons. The normalized spacial score (nSPS) is 19.9. The number of para-hydroxylation sites is 2. The summed E-state index contributed by atoms with van der Waals surface area (Å²) >= 11 is 1.67. The molecule has 0 radical (unpaired) electrons. The molecule has 7 heteroatoms. The molecular weight excluding hydrogens is 372 g/mol. The Hall–Kier alpha value is -2.38. The zero-order valence-corrected chi connectivity index (χ0v) is 16.8. The number of aromatic nitrogens is 2. The summed E-state index contributed by atoms with van der Waals surface area (Å²) in [4.78, 5) is 16.2. The Morgan fingerprint density at radius 1 is 1.11 bits per heavy atom. The molecule has 2 aliphatic heterocycles. The number of hydrogen-bond donors (Lipinski definition) is 0. The van der Waals surface area contributed by atoms with Gasteiger partial charge in [0.05, 0.1) is 10.3 Å². The summed E-state index contributed by atoms with van der Waals surface area (Å²) in [5.74, 6) is 2.65. The van der Waals surface area contributed by atoms with Gasteiger partial charge < -0.3 is 14.4 Å². The summed E-state index contributed by atoms with van der Waals surface area (Å²) in [6.07, 6.45) is 2.78. The smallest absolute Gasteiger partial charge is 0.167 e. The number of fused-ring (bicyclic) bond motifs is 2. The average molecular weight is 397 g/mol. The molecule has 2 aromatic heterocycles. The van der Waals surface area contributed by atoms with E-state index >= 15 is 0 Å². The third-order valence-corrected chi connectivity index (χ3v) is 6.50. The Labute approximate surface area is 168 Å². The first-order valence-electron chi connectivity index (χ1n) is 9.92. The zero-order chi connectivity index (χ0) is 18.9. The molecule has 0 bridgehead atoms. The fourth-order valence-electron chi connectivity index (χ4n) is 3.93. The Bertz CT molecular complexity index is 968. The van der Waals surface area contributed by atoms with Crippen LogP contribution in [0.3, 0.4) is 0 Å². The first-order valence-corrected chi connectivity index (χ1v) is 10.7. The van der Waals surface area contributed by atoms with Crippen molar-refractivity contribution in [1.82, 2.24) is 14.9 Å². The van der Waals surface area contributed by atoms with Crippen molar-refractivity contribution in [2.75, 3.05) is 44.2 Å². The lowest BCUT2D eigenvalue weighted by Gasteiger charge is -2.35. The summed E-state index contributed by atoms with van der Waals surface area (Å²) in [5.41, 5.74) is 0. The van der Waals surface area contributed by atoms with Crippen LogP contribution < -0.4 is 14.4 Å². The van der Waals surface area contributed by atoms with Crippen LogP contribution in [0.1, 0.15) is 24.3 Å². The van der Waals surface area contributed by atoms with E-state index in [2.05, 4.69) is 32.8 Å². The first kappa shape index (κ1) is 17.7. The van der Waals surface area contributed by atoms with Crippen LogP contribution in [0.15, 0.2) is 36.7 Å². The van der Waals surface area contributed by atoms with E-state index in [0.29, 0.717) is 6.61 Å². The van der Waals surface area contributed by atoms with Crippen molar-refractivity contribution in [3.05, 3.63) is 41.5 Å². The molecule has 1 aromatic carbocycles. The van der Waals surface area contributed by atoms with E-state index in [1.54, 1.807) is 17.7 Å². The number of nitrogens with zero attached hydrogens (tertiary/aromatic N) is 4. The molecule has 5 rings (SSSR count). The maximum atomic E-state index is 6.19. The van der Waals surface area contributed by atoms with Gasteiger partial charge in [-0.3, -0.25) is 4.90 Å². The lowest BCUT2D eigenvalue weighted by atomic mass is 10.2. The minimum atomic E-state index is -0.108. The molecule has 0 saturated carbocycles. The van der Waals surface area contributed by atoms with E-state index in [4.69, 9.17) is 9.47 Å². The Morgan fingerprint density at radius 2 is 1.93 bits per heavy atom. The highest BCUT2D eigenvalue weighted by Crippen LogP contribution is 2.40. The van der Waals surface area contributed by atoms with E-state index in [0.717, 1.165) is 58.6 Å². The SMILES string of the molecule is CCCN1CCN(c2ncnc3sc([C@H]4COc5ccccc5O4)cc23)CC1. The molecule has 0 amide bonds. The predicted octanol–water partition coefficient (Wildman–Crippen LogP) is 3.74. The van der Waals surface area contributed by atoms with Crippen molar-refractivity contribution >= 4 is 27.4 Å². The van der Waals surface area contributed by atoms with Crippen molar-refractivity contribution in [2.24, 2.45) is 0 Å². The van der Waals surface area contributed by atoms with Gasteiger partial charge in [-0.1, -0.05) is 19.1 Å². The van der Waals surface area contributed by atoms with Gasteiger partial charge in [-0.25, -0.2) is 9.97 Å². The van der Waals surface area contributed by atoms with E-state index in [9.17, 15) is 0 Å². The van der Waals surface area contributed by atoms with Crippen LogP contribution in [-0.2, 0) is 0 Å². The highest BCUT2D eigenvalue weighted by atomic mass is 32.1. The Balaban J connectivity index is 1.39. The molecule has 1 atom stereocenters. The second kappa shape index (κ2) is 7.56. The minimum Gasteiger partial charge on any atom is -0.485 e. The lowest BCUT2D eigenvalue weighted by Crippen LogP contribution is -2.46. The van der Waals surface area contributed by atoms with Gasteiger partial charge in [0.2, 0.25) is 0 Å². The van der Waals surface area contributed by atoms with E-state index < -0.39 is 0 Å². The van der Waals surface area contributed by atoms with Crippen molar-refractivity contribution < 1.29 is 9.47 Å². The van der Waals surface area contributed by atoms with Crippen molar-refractivity contribution in [3.8, 4) is 11.5 Å². The second-order valence-corrected chi connectivity index (χ2v) is 8.32. The Morgan fingerprint density at radius 3 is 2.75 bits per heavy atom. The third-order valence-electron chi connectivity index (χ3n) is 5.37. The number of benzene rings is 1. The van der Waals surface area contributed by atoms with Gasteiger partial charge >= 0.3 is 0 Å². The highest BCUT2D eigenvalue weighted by molar-refractivity contribution is 7.18. The molecule has 1 fully saturated rings. The number of rotatable bonds is 4.